The van der Waals surface area contributed by atoms with E-state index in [1.54, 1.807) is 13.0 Å². The van der Waals surface area contributed by atoms with Gasteiger partial charge in [0, 0.05) is 0 Å². The Labute approximate surface area is 90.0 Å². The van der Waals surface area contributed by atoms with Crippen LogP contribution in [-0.2, 0) is 12.6 Å². The largest absolute Gasteiger partial charge is 0.437 e. The third-order valence-electron chi connectivity index (χ3n) is 2.60. The first-order chi connectivity index (χ1) is 7.45. The van der Waals surface area contributed by atoms with E-state index in [4.69, 9.17) is 4.52 Å². The number of hydrogen-bond donors (Lipinski definition) is 0. The number of rotatable bonds is 1. The van der Waals surface area contributed by atoms with Gasteiger partial charge in [0.05, 0.1) is 5.39 Å². The summed E-state index contributed by atoms with van der Waals surface area (Å²) in [7, 11) is 0. The van der Waals surface area contributed by atoms with Crippen LogP contribution >= 0.6 is 0 Å². The van der Waals surface area contributed by atoms with Crippen molar-refractivity contribution in [3.8, 4) is 0 Å². The number of nitrogens with zero attached hydrogens (tertiary/aromatic N) is 1. The Bertz CT molecular complexity index is 528. The van der Waals surface area contributed by atoms with Gasteiger partial charge >= 0.3 is 6.18 Å². The third-order valence-corrected chi connectivity index (χ3v) is 2.60. The minimum Gasteiger partial charge on any atom is -0.356 e. The molecule has 2 nitrogen and oxygen atoms in total. The third kappa shape index (κ3) is 1.56. The first kappa shape index (κ1) is 11.0. The molecule has 16 heavy (non-hydrogen) atoms. The van der Waals surface area contributed by atoms with Crippen molar-refractivity contribution in [3.05, 3.63) is 29.0 Å². The van der Waals surface area contributed by atoms with Gasteiger partial charge in [-0.1, -0.05) is 18.1 Å². The van der Waals surface area contributed by atoms with E-state index in [1.807, 2.05) is 6.92 Å². The highest BCUT2D eigenvalue weighted by Gasteiger charge is 2.37. The van der Waals surface area contributed by atoms with E-state index in [1.165, 1.54) is 6.07 Å². The lowest BCUT2D eigenvalue weighted by atomic mass is 10.0. The zero-order chi connectivity index (χ0) is 11.9. The van der Waals surface area contributed by atoms with Crippen molar-refractivity contribution in [1.82, 2.24) is 5.16 Å². The number of aromatic nitrogens is 1. The van der Waals surface area contributed by atoms with Crippen molar-refractivity contribution in [2.75, 3.05) is 0 Å². The quantitative estimate of drug-likeness (QED) is 0.744. The molecule has 2 rings (SSSR count). The fourth-order valence-corrected chi connectivity index (χ4v) is 1.86. The van der Waals surface area contributed by atoms with Crippen LogP contribution in [0.4, 0.5) is 13.2 Å². The normalized spacial score (nSPS) is 12.3. The van der Waals surface area contributed by atoms with Gasteiger partial charge in [0.1, 0.15) is 0 Å². The van der Waals surface area contributed by atoms with Crippen LogP contribution in [0.15, 0.2) is 16.7 Å². The summed E-state index contributed by atoms with van der Waals surface area (Å²) in [5.74, 6) is 0. The molecule has 86 valence electrons. The molecule has 0 amide bonds. The van der Waals surface area contributed by atoms with Crippen LogP contribution in [0.5, 0.6) is 0 Å². The maximum Gasteiger partial charge on any atom is 0.437 e. The molecule has 0 unspecified atom stereocenters. The van der Waals surface area contributed by atoms with Crippen LogP contribution in [0.1, 0.15) is 23.7 Å². The molecule has 0 N–H and O–H groups in total. The number of hydrogen-bond acceptors (Lipinski definition) is 2. The Morgan fingerprint density at radius 3 is 2.56 bits per heavy atom. The molecule has 1 aromatic heterocycles. The van der Waals surface area contributed by atoms with Gasteiger partial charge in [-0.05, 0) is 30.5 Å². The Balaban J connectivity index is 2.83. The van der Waals surface area contributed by atoms with Gasteiger partial charge in [0.25, 0.3) is 0 Å². The number of alkyl halides is 3. The highest BCUT2D eigenvalue weighted by atomic mass is 19.4. The molecule has 0 fully saturated rings. The minimum absolute atomic E-state index is 0.0926. The molecular formula is C11H10F3NO. The van der Waals surface area contributed by atoms with Crippen molar-refractivity contribution in [2.45, 2.75) is 26.4 Å². The van der Waals surface area contributed by atoms with Gasteiger partial charge in [-0.25, -0.2) is 0 Å². The molecule has 0 aliphatic carbocycles. The van der Waals surface area contributed by atoms with Crippen LogP contribution in [0.25, 0.3) is 11.0 Å². The molecule has 1 heterocycles. The fraction of sp³-hybridized carbons (Fsp3) is 0.364. The number of aryl methyl sites for hydroxylation is 2. The van der Waals surface area contributed by atoms with Crippen LogP contribution in [0.2, 0.25) is 0 Å². The fourth-order valence-electron chi connectivity index (χ4n) is 1.86. The second-order valence-electron chi connectivity index (χ2n) is 3.62. The average molecular weight is 229 g/mol. The van der Waals surface area contributed by atoms with E-state index in [0.717, 1.165) is 5.56 Å². The SMILES string of the molecule is CCc1c(C)ccc2onc(C(F)(F)F)c12. The van der Waals surface area contributed by atoms with Crippen molar-refractivity contribution in [1.29, 1.82) is 0 Å². The standard InChI is InChI=1S/C11H10F3NO/c1-3-7-6(2)4-5-8-9(7)10(15-16-8)11(12,13)14/h4-5H,3H2,1-2H3. The molecule has 0 aliphatic heterocycles. The van der Waals surface area contributed by atoms with Gasteiger partial charge in [-0.15, -0.1) is 0 Å². The summed E-state index contributed by atoms with van der Waals surface area (Å²) in [6.45, 7) is 3.60. The van der Waals surface area contributed by atoms with Crippen molar-refractivity contribution < 1.29 is 17.7 Å². The van der Waals surface area contributed by atoms with Gasteiger partial charge in [0.2, 0.25) is 0 Å². The predicted octanol–water partition coefficient (Wildman–Crippen LogP) is 3.72. The molecule has 2 aromatic rings. The smallest absolute Gasteiger partial charge is 0.356 e. The molecule has 0 bridgehead atoms. The summed E-state index contributed by atoms with van der Waals surface area (Å²) in [6, 6.07) is 3.26. The van der Waals surface area contributed by atoms with E-state index < -0.39 is 11.9 Å². The highest BCUT2D eigenvalue weighted by molar-refractivity contribution is 5.84. The van der Waals surface area contributed by atoms with Crippen LogP contribution in [0.3, 0.4) is 0 Å². The lowest BCUT2D eigenvalue weighted by molar-refractivity contribution is -0.141. The molecule has 0 saturated carbocycles. The molecule has 0 radical (unpaired) electrons. The zero-order valence-corrected chi connectivity index (χ0v) is 8.85. The second-order valence-corrected chi connectivity index (χ2v) is 3.62. The van der Waals surface area contributed by atoms with Crippen molar-refractivity contribution in [3.63, 3.8) is 0 Å². The second kappa shape index (κ2) is 3.50. The minimum atomic E-state index is -4.47. The predicted molar refractivity (Wildman–Crippen MR) is 53.1 cm³/mol. The summed E-state index contributed by atoms with van der Waals surface area (Å²) >= 11 is 0. The van der Waals surface area contributed by atoms with Gasteiger partial charge in [-0.3, -0.25) is 0 Å². The van der Waals surface area contributed by atoms with Crippen LogP contribution in [-0.4, -0.2) is 5.16 Å². The Morgan fingerprint density at radius 2 is 2.00 bits per heavy atom. The summed E-state index contributed by atoms with van der Waals surface area (Å²) in [4.78, 5) is 0. The molecular weight excluding hydrogens is 219 g/mol. The molecule has 5 heteroatoms. The molecule has 0 spiro atoms. The summed E-state index contributed by atoms with van der Waals surface area (Å²) in [5, 5.41) is 3.21. The zero-order valence-electron chi connectivity index (χ0n) is 8.85. The van der Waals surface area contributed by atoms with Gasteiger partial charge < -0.3 is 4.52 Å². The first-order valence-corrected chi connectivity index (χ1v) is 4.90. The first-order valence-electron chi connectivity index (χ1n) is 4.90. The van der Waals surface area contributed by atoms with E-state index in [0.29, 0.717) is 12.0 Å². The van der Waals surface area contributed by atoms with Crippen molar-refractivity contribution >= 4 is 11.0 Å². The monoisotopic (exact) mass is 229 g/mol. The lowest BCUT2D eigenvalue weighted by Crippen LogP contribution is -2.06. The van der Waals surface area contributed by atoms with E-state index in [2.05, 4.69) is 5.16 Å². The Morgan fingerprint density at radius 1 is 1.31 bits per heavy atom. The number of fused-ring (bicyclic) bond motifs is 1. The Kier molecular flexibility index (Phi) is 2.40. The van der Waals surface area contributed by atoms with Gasteiger partial charge in [0.15, 0.2) is 11.3 Å². The number of halogens is 3. The summed E-state index contributed by atoms with van der Waals surface area (Å²) in [5.41, 5.74) is 0.729. The molecule has 1 aromatic carbocycles. The Hall–Kier alpha value is -1.52. The summed E-state index contributed by atoms with van der Waals surface area (Å²) < 4.78 is 42.7. The number of benzene rings is 1. The van der Waals surface area contributed by atoms with Crippen LogP contribution in [0, 0.1) is 6.92 Å². The average Bonchev–Trinajstić information content (AvgIpc) is 2.60. The highest BCUT2D eigenvalue weighted by Crippen LogP contribution is 2.36. The van der Waals surface area contributed by atoms with E-state index >= 15 is 0 Å². The summed E-state index contributed by atoms with van der Waals surface area (Å²) in [6.07, 6.45) is -3.95. The molecule has 0 saturated heterocycles. The van der Waals surface area contributed by atoms with Crippen LogP contribution < -0.4 is 0 Å². The molecule has 0 aliphatic rings. The van der Waals surface area contributed by atoms with E-state index in [9.17, 15) is 13.2 Å². The lowest BCUT2D eigenvalue weighted by Gasteiger charge is -2.06. The topological polar surface area (TPSA) is 26.0 Å². The van der Waals surface area contributed by atoms with Gasteiger partial charge in [-0.2, -0.15) is 13.2 Å². The van der Waals surface area contributed by atoms with Crippen molar-refractivity contribution in [2.24, 2.45) is 0 Å². The maximum atomic E-state index is 12.7. The van der Waals surface area contributed by atoms with E-state index in [-0.39, 0.29) is 11.0 Å². The maximum absolute atomic E-state index is 12.7. The molecule has 0 atom stereocenters.